The van der Waals surface area contributed by atoms with Gasteiger partial charge in [0.2, 0.25) is 0 Å². The first-order chi connectivity index (χ1) is 10.9. The second kappa shape index (κ2) is 9.88. The van der Waals surface area contributed by atoms with E-state index in [-0.39, 0.29) is 0 Å². The molecule has 1 rings (SSSR count). The van der Waals surface area contributed by atoms with Crippen LogP contribution < -0.4 is 0 Å². The number of carboxylic acids is 1. The zero-order valence-electron chi connectivity index (χ0n) is 14.7. The molecule has 0 atom stereocenters. The summed E-state index contributed by atoms with van der Waals surface area (Å²) in [7, 11) is 0. The van der Waals surface area contributed by atoms with E-state index in [1.165, 1.54) is 16.7 Å². The minimum Gasteiger partial charge on any atom is -0.478 e. The van der Waals surface area contributed by atoms with Gasteiger partial charge in [0.25, 0.3) is 0 Å². The van der Waals surface area contributed by atoms with E-state index >= 15 is 0 Å². The third-order valence-electron chi connectivity index (χ3n) is 3.96. The van der Waals surface area contributed by atoms with E-state index in [2.05, 4.69) is 32.9 Å². The predicted molar refractivity (Wildman–Crippen MR) is 94.5 cm³/mol. The molecule has 0 radical (unpaired) electrons. The Morgan fingerprint density at radius 2 is 1.70 bits per heavy atom. The van der Waals surface area contributed by atoms with Crippen molar-refractivity contribution < 1.29 is 14.3 Å². The number of aryl methyl sites for hydroxylation is 1. The Morgan fingerprint density at radius 1 is 1.09 bits per heavy atom. The molecule has 0 unspecified atom stereocenters. The van der Waals surface area contributed by atoms with Crippen LogP contribution in [0.1, 0.15) is 57.8 Å². The average molecular weight is 316 g/mol. The number of hydrogen-bond acceptors (Lipinski definition) is 2. The Morgan fingerprint density at radius 3 is 2.26 bits per heavy atom. The number of aliphatic carboxylic acids is 1. The first-order valence-corrected chi connectivity index (χ1v) is 8.14. The van der Waals surface area contributed by atoms with Crippen LogP contribution in [0.5, 0.6) is 0 Å². The van der Waals surface area contributed by atoms with Crippen molar-refractivity contribution in [3.63, 3.8) is 0 Å². The van der Waals surface area contributed by atoms with Crippen LogP contribution in [0, 0.1) is 6.92 Å². The van der Waals surface area contributed by atoms with E-state index < -0.39 is 5.97 Å². The van der Waals surface area contributed by atoms with Crippen molar-refractivity contribution in [2.45, 2.75) is 59.8 Å². The van der Waals surface area contributed by atoms with Gasteiger partial charge in [-0.1, -0.05) is 29.4 Å². The molecule has 0 saturated carbocycles. The van der Waals surface area contributed by atoms with E-state index in [1.54, 1.807) is 19.3 Å². The number of rotatable bonds is 9. The second-order valence-corrected chi connectivity index (χ2v) is 6.10. The molecule has 0 aliphatic carbocycles. The molecule has 0 aliphatic heterocycles. The highest BCUT2D eigenvalue weighted by atomic mass is 16.4. The molecule has 0 saturated heterocycles. The van der Waals surface area contributed by atoms with Crippen LogP contribution in [0.2, 0.25) is 0 Å². The smallest absolute Gasteiger partial charge is 0.330 e. The van der Waals surface area contributed by atoms with Crippen molar-refractivity contribution in [2.24, 2.45) is 0 Å². The third-order valence-corrected chi connectivity index (χ3v) is 3.96. The van der Waals surface area contributed by atoms with Crippen LogP contribution in [0.15, 0.2) is 51.7 Å². The van der Waals surface area contributed by atoms with Gasteiger partial charge in [-0.25, -0.2) is 4.79 Å². The molecule has 0 aliphatic rings. The lowest BCUT2D eigenvalue weighted by Gasteiger charge is -2.02. The van der Waals surface area contributed by atoms with Crippen molar-refractivity contribution in [1.29, 1.82) is 0 Å². The van der Waals surface area contributed by atoms with Gasteiger partial charge >= 0.3 is 5.97 Å². The van der Waals surface area contributed by atoms with Crippen molar-refractivity contribution in [1.82, 2.24) is 0 Å². The van der Waals surface area contributed by atoms with Gasteiger partial charge in [0.15, 0.2) is 0 Å². The number of hydrogen-bond donors (Lipinski definition) is 1. The summed E-state index contributed by atoms with van der Waals surface area (Å²) in [6.45, 7) is 7.96. The number of furan rings is 1. The summed E-state index contributed by atoms with van der Waals surface area (Å²) in [5.41, 5.74) is 4.31. The topological polar surface area (TPSA) is 50.4 Å². The molecule has 0 fully saturated rings. The van der Waals surface area contributed by atoms with Gasteiger partial charge in [-0.15, -0.1) is 0 Å². The van der Waals surface area contributed by atoms with Crippen LogP contribution in [-0.4, -0.2) is 11.1 Å². The first kappa shape index (κ1) is 19.0. The molecular formula is C20H28O3. The largest absolute Gasteiger partial charge is 0.478 e. The number of carbonyl (C=O) groups is 1. The molecular weight excluding hydrogens is 288 g/mol. The Hall–Kier alpha value is -2.03. The van der Waals surface area contributed by atoms with Crippen LogP contribution in [0.25, 0.3) is 0 Å². The van der Waals surface area contributed by atoms with E-state index in [1.807, 2.05) is 6.07 Å². The molecule has 3 heteroatoms. The van der Waals surface area contributed by atoms with Crippen LogP contribution in [0.4, 0.5) is 0 Å². The summed E-state index contributed by atoms with van der Waals surface area (Å²) in [5.74, 6) is 0.204. The van der Waals surface area contributed by atoms with Crippen LogP contribution >= 0.6 is 0 Å². The lowest BCUT2D eigenvalue weighted by molar-refractivity contribution is -0.132. The fourth-order valence-electron chi connectivity index (χ4n) is 2.23. The molecule has 1 aromatic heterocycles. The summed E-state index contributed by atoms with van der Waals surface area (Å²) >= 11 is 0. The highest BCUT2D eigenvalue weighted by Crippen LogP contribution is 2.14. The van der Waals surface area contributed by atoms with Crippen molar-refractivity contribution in [2.75, 3.05) is 0 Å². The van der Waals surface area contributed by atoms with Gasteiger partial charge in [0.1, 0.15) is 5.76 Å². The van der Waals surface area contributed by atoms with E-state index in [0.29, 0.717) is 5.57 Å². The van der Waals surface area contributed by atoms with Crippen molar-refractivity contribution in [3.05, 3.63) is 58.6 Å². The minimum absolute atomic E-state index is 0.421. The SMILES string of the molecule is C/C(=C/CC/C(C)=C/CC/C(C)=C/Cc1occc1C)C(=O)O. The maximum absolute atomic E-state index is 10.7. The first-order valence-electron chi connectivity index (χ1n) is 8.14. The highest BCUT2D eigenvalue weighted by molar-refractivity contribution is 5.85. The average Bonchev–Trinajstić information content (AvgIpc) is 2.90. The van der Waals surface area contributed by atoms with Gasteiger partial charge in [0, 0.05) is 12.0 Å². The predicted octanol–water partition coefficient (Wildman–Crippen LogP) is 5.61. The Balaban J connectivity index is 2.32. The molecule has 1 N–H and O–H groups in total. The summed E-state index contributed by atoms with van der Waals surface area (Å²) in [6.07, 6.45) is 12.6. The maximum Gasteiger partial charge on any atom is 0.330 e. The van der Waals surface area contributed by atoms with Gasteiger partial charge in [-0.2, -0.15) is 0 Å². The van der Waals surface area contributed by atoms with Gasteiger partial charge in [0.05, 0.1) is 6.26 Å². The minimum atomic E-state index is -0.834. The molecule has 1 heterocycles. The van der Waals surface area contributed by atoms with E-state index in [4.69, 9.17) is 9.52 Å². The fraction of sp³-hybridized carbons (Fsp3) is 0.450. The standard InChI is InChI=1S/C20H28O3/c1-15(9-6-10-18(4)20(21)22)7-5-8-16(2)11-12-19-17(3)13-14-23-19/h7,10-11,13-14H,5-6,8-9,12H2,1-4H3,(H,21,22)/b15-7+,16-11+,18-10-. The molecule has 0 spiro atoms. The molecule has 0 amide bonds. The lowest BCUT2D eigenvalue weighted by atomic mass is 10.1. The van der Waals surface area contributed by atoms with Gasteiger partial charge in [-0.3, -0.25) is 0 Å². The number of carboxylic acid groups (broad SMARTS) is 1. The van der Waals surface area contributed by atoms with Crippen molar-refractivity contribution >= 4 is 5.97 Å². The summed E-state index contributed by atoms with van der Waals surface area (Å²) in [6, 6.07) is 1.99. The van der Waals surface area contributed by atoms with Crippen LogP contribution in [-0.2, 0) is 11.2 Å². The summed E-state index contributed by atoms with van der Waals surface area (Å²) in [5, 5.41) is 8.79. The summed E-state index contributed by atoms with van der Waals surface area (Å²) in [4.78, 5) is 10.7. The van der Waals surface area contributed by atoms with Crippen molar-refractivity contribution in [3.8, 4) is 0 Å². The molecule has 3 nitrogen and oxygen atoms in total. The second-order valence-electron chi connectivity index (χ2n) is 6.10. The normalized spacial score (nSPS) is 13.5. The lowest BCUT2D eigenvalue weighted by Crippen LogP contribution is -1.95. The number of allylic oxidation sites excluding steroid dienone is 5. The summed E-state index contributed by atoms with van der Waals surface area (Å²) < 4.78 is 5.43. The fourth-order valence-corrected chi connectivity index (χ4v) is 2.23. The quantitative estimate of drug-likeness (QED) is 0.475. The van der Waals surface area contributed by atoms with E-state index in [9.17, 15) is 4.79 Å². The molecule has 1 aromatic rings. The zero-order valence-corrected chi connectivity index (χ0v) is 14.7. The zero-order chi connectivity index (χ0) is 17.2. The molecule has 126 valence electrons. The Kier molecular flexibility index (Phi) is 8.17. The maximum atomic E-state index is 10.7. The Labute approximate surface area is 139 Å². The molecule has 23 heavy (non-hydrogen) atoms. The highest BCUT2D eigenvalue weighted by Gasteiger charge is 2.00. The Bertz CT molecular complexity index is 600. The molecule has 0 bridgehead atoms. The molecule has 0 aromatic carbocycles. The third kappa shape index (κ3) is 7.68. The van der Waals surface area contributed by atoms with E-state index in [0.717, 1.165) is 37.9 Å². The van der Waals surface area contributed by atoms with Gasteiger partial charge in [-0.05, 0) is 65.0 Å². The van der Waals surface area contributed by atoms with Gasteiger partial charge < -0.3 is 9.52 Å². The monoisotopic (exact) mass is 316 g/mol. The van der Waals surface area contributed by atoms with Crippen LogP contribution in [0.3, 0.4) is 0 Å².